The van der Waals surface area contributed by atoms with Crippen molar-refractivity contribution in [2.45, 2.75) is 45.1 Å². The third kappa shape index (κ3) is 2.72. The molecule has 0 unspecified atom stereocenters. The number of hydrogen-bond donors (Lipinski definition) is 0. The minimum atomic E-state index is 0.155. The van der Waals surface area contributed by atoms with E-state index in [4.69, 9.17) is 0 Å². The maximum atomic E-state index is 13.2. The highest BCUT2D eigenvalue weighted by atomic mass is 16.2. The molecular weight excluding hydrogens is 300 g/mol. The molecule has 0 N–H and O–H groups in total. The summed E-state index contributed by atoms with van der Waals surface area (Å²) in [5, 5.41) is 0. The fourth-order valence-corrected chi connectivity index (χ4v) is 4.42. The summed E-state index contributed by atoms with van der Waals surface area (Å²) in [6.07, 6.45) is 13.1. The van der Waals surface area contributed by atoms with Crippen LogP contribution < -0.4 is 0 Å². The molecule has 0 aromatic carbocycles. The lowest BCUT2D eigenvalue weighted by Crippen LogP contribution is -2.52. The van der Waals surface area contributed by atoms with Gasteiger partial charge in [-0.3, -0.25) is 9.36 Å². The van der Waals surface area contributed by atoms with Crippen LogP contribution in [-0.4, -0.2) is 37.9 Å². The molecule has 1 amide bonds. The Hall–Kier alpha value is -2.17. The number of piperidine rings is 1. The zero-order chi connectivity index (χ0) is 16.5. The van der Waals surface area contributed by atoms with E-state index < -0.39 is 0 Å². The lowest BCUT2D eigenvalue weighted by Gasteiger charge is -2.47. The minimum absolute atomic E-state index is 0.155. The van der Waals surface area contributed by atoms with Gasteiger partial charge in [0.05, 0.1) is 0 Å². The van der Waals surface area contributed by atoms with Gasteiger partial charge >= 0.3 is 0 Å². The van der Waals surface area contributed by atoms with Crippen LogP contribution in [-0.2, 0) is 0 Å². The molecule has 1 saturated heterocycles. The number of hydrogen-bond acceptors (Lipinski definition) is 3. The first-order chi connectivity index (χ1) is 11.7. The third-order valence-electron chi connectivity index (χ3n) is 5.76. The predicted octanol–water partition coefficient (Wildman–Crippen LogP) is 3.31. The van der Waals surface area contributed by atoms with Crippen molar-refractivity contribution in [2.75, 3.05) is 6.54 Å². The number of amides is 1. The fraction of sp³-hybridized carbons (Fsp3) is 0.526. The molecule has 2 aromatic heterocycles. The summed E-state index contributed by atoms with van der Waals surface area (Å²) in [4.78, 5) is 23.7. The van der Waals surface area contributed by atoms with Gasteiger partial charge in [-0.1, -0.05) is 19.8 Å². The first-order valence-corrected chi connectivity index (χ1v) is 8.99. The number of nitrogens with zero attached hydrogens (tertiary/aromatic N) is 4. The molecule has 3 atom stereocenters. The normalized spacial score (nSPS) is 26.9. The van der Waals surface area contributed by atoms with Gasteiger partial charge in [0.2, 0.25) is 0 Å². The Kier molecular flexibility index (Phi) is 4.08. The van der Waals surface area contributed by atoms with E-state index in [2.05, 4.69) is 21.8 Å². The minimum Gasteiger partial charge on any atom is -0.335 e. The van der Waals surface area contributed by atoms with Gasteiger partial charge in [-0.2, -0.15) is 0 Å². The summed E-state index contributed by atoms with van der Waals surface area (Å²) >= 11 is 0. The summed E-state index contributed by atoms with van der Waals surface area (Å²) in [6, 6.07) is 4.12. The average Bonchev–Trinajstić information content (AvgIpc) is 3.17. The molecule has 5 nitrogen and oxygen atoms in total. The Morgan fingerprint density at radius 1 is 1.21 bits per heavy atom. The van der Waals surface area contributed by atoms with Crippen molar-refractivity contribution in [1.82, 2.24) is 19.4 Å². The largest absolute Gasteiger partial charge is 0.335 e. The van der Waals surface area contributed by atoms with Crippen LogP contribution >= 0.6 is 0 Å². The molecule has 126 valence electrons. The van der Waals surface area contributed by atoms with Crippen LogP contribution in [0, 0.1) is 11.8 Å². The van der Waals surface area contributed by atoms with Crippen molar-refractivity contribution >= 4 is 5.91 Å². The van der Waals surface area contributed by atoms with Gasteiger partial charge < -0.3 is 4.90 Å². The Morgan fingerprint density at radius 3 is 2.92 bits per heavy atom. The highest BCUT2D eigenvalue weighted by Crippen LogP contribution is 2.39. The van der Waals surface area contributed by atoms with Crippen LogP contribution in [0.25, 0.3) is 5.82 Å². The summed E-state index contributed by atoms with van der Waals surface area (Å²) in [6.45, 7) is 3.23. The number of fused-ring (bicyclic) bond motifs is 1. The van der Waals surface area contributed by atoms with Crippen LogP contribution in [0.15, 0.2) is 37.1 Å². The molecule has 5 heteroatoms. The van der Waals surface area contributed by atoms with Gasteiger partial charge in [0, 0.05) is 36.7 Å². The monoisotopic (exact) mass is 324 g/mol. The van der Waals surface area contributed by atoms with Crippen LogP contribution in [0.4, 0.5) is 0 Å². The number of carbonyl (C=O) groups excluding carboxylic acids is 1. The van der Waals surface area contributed by atoms with Gasteiger partial charge in [0.25, 0.3) is 5.91 Å². The number of carbonyl (C=O) groups is 1. The lowest BCUT2D eigenvalue weighted by atomic mass is 9.72. The standard InChI is InChI=1S/C19H24N4O/c1-14-7-10-23(17-5-3-2-4-16(14)17)19(24)15-6-8-21-18(12-15)22-11-9-20-13-22/h6,8-9,11-14,16-17H,2-5,7,10H2,1H3/t14-,16+,17-/m1/s1. The fourth-order valence-electron chi connectivity index (χ4n) is 4.42. The molecule has 2 fully saturated rings. The molecule has 1 saturated carbocycles. The van der Waals surface area contributed by atoms with E-state index in [0.29, 0.717) is 12.0 Å². The number of rotatable bonds is 2. The summed E-state index contributed by atoms with van der Waals surface area (Å²) in [5.41, 5.74) is 0.729. The molecule has 2 aromatic rings. The van der Waals surface area contributed by atoms with Gasteiger partial charge in [-0.05, 0) is 43.2 Å². The second-order valence-electron chi connectivity index (χ2n) is 7.15. The molecule has 4 rings (SSSR count). The maximum Gasteiger partial charge on any atom is 0.254 e. The molecule has 0 spiro atoms. The Bertz CT molecular complexity index is 712. The van der Waals surface area contributed by atoms with Crippen LogP contribution in [0.2, 0.25) is 0 Å². The molecule has 2 aliphatic rings. The van der Waals surface area contributed by atoms with Gasteiger partial charge in [-0.15, -0.1) is 0 Å². The zero-order valence-electron chi connectivity index (χ0n) is 14.1. The van der Waals surface area contributed by atoms with E-state index >= 15 is 0 Å². The quantitative estimate of drug-likeness (QED) is 0.851. The van der Waals surface area contributed by atoms with E-state index in [9.17, 15) is 4.79 Å². The molecule has 0 bridgehead atoms. The molecular formula is C19H24N4O. The van der Waals surface area contributed by atoms with Crippen LogP contribution in [0.5, 0.6) is 0 Å². The van der Waals surface area contributed by atoms with Crippen molar-refractivity contribution in [3.8, 4) is 5.82 Å². The summed E-state index contributed by atoms with van der Waals surface area (Å²) in [7, 11) is 0. The molecule has 1 aliphatic carbocycles. The van der Waals surface area contributed by atoms with E-state index in [1.807, 2.05) is 22.9 Å². The summed E-state index contributed by atoms with van der Waals surface area (Å²) in [5.74, 6) is 2.30. The Balaban J connectivity index is 1.60. The third-order valence-corrected chi connectivity index (χ3v) is 5.76. The van der Waals surface area contributed by atoms with E-state index in [1.54, 1.807) is 18.7 Å². The van der Waals surface area contributed by atoms with Crippen molar-refractivity contribution in [3.05, 3.63) is 42.6 Å². The number of imidazole rings is 1. The first kappa shape index (κ1) is 15.4. The topological polar surface area (TPSA) is 51.0 Å². The van der Waals surface area contributed by atoms with Crippen LogP contribution in [0.1, 0.15) is 49.4 Å². The van der Waals surface area contributed by atoms with Crippen molar-refractivity contribution < 1.29 is 4.79 Å². The van der Waals surface area contributed by atoms with E-state index in [1.165, 1.54) is 19.3 Å². The molecule has 24 heavy (non-hydrogen) atoms. The predicted molar refractivity (Wildman–Crippen MR) is 91.9 cm³/mol. The average molecular weight is 324 g/mol. The first-order valence-electron chi connectivity index (χ1n) is 8.99. The van der Waals surface area contributed by atoms with E-state index in [0.717, 1.165) is 36.7 Å². The Morgan fingerprint density at radius 2 is 2.08 bits per heavy atom. The second-order valence-corrected chi connectivity index (χ2v) is 7.15. The molecule has 1 aliphatic heterocycles. The molecule has 3 heterocycles. The smallest absolute Gasteiger partial charge is 0.254 e. The summed E-state index contributed by atoms with van der Waals surface area (Å²) < 4.78 is 1.83. The van der Waals surface area contributed by atoms with Crippen molar-refractivity contribution in [2.24, 2.45) is 11.8 Å². The molecule has 0 radical (unpaired) electrons. The second kappa shape index (κ2) is 6.38. The number of aromatic nitrogens is 3. The van der Waals surface area contributed by atoms with Gasteiger partial charge in [0.1, 0.15) is 12.1 Å². The number of pyridine rings is 1. The highest BCUT2D eigenvalue weighted by Gasteiger charge is 2.39. The highest BCUT2D eigenvalue weighted by molar-refractivity contribution is 5.94. The van der Waals surface area contributed by atoms with Crippen LogP contribution in [0.3, 0.4) is 0 Å². The van der Waals surface area contributed by atoms with Crippen molar-refractivity contribution in [1.29, 1.82) is 0 Å². The van der Waals surface area contributed by atoms with Gasteiger partial charge in [-0.25, -0.2) is 9.97 Å². The van der Waals surface area contributed by atoms with Crippen molar-refractivity contribution in [3.63, 3.8) is 0 Å². The maximum absolute atomic E-state index is 13.2. The zero-order valence-corrected chi connectivity index (χ0v) is 14.1. The Labute approximate surface area is 142 Å². The van der Waals surface area contributed by atoms with Gasteiger partial charge in [0.15, 0.2) is 0 Å². The lowest BCUT2D eigenvalue weighted by molar-refractivity contribution is 0.0217. The van der Waals surface area contributed by atoms with E-state index in [-0.39, 0.29) is 5.91 Å². The SMILES string of the molecule is C[C@@H]1CCN(C(=O)c2ccnc(-n3ccnc3)c2)[C@@H]2CCCC[C@@H]12. The number of likely N-dealkylation sites (tertiary alicyclic amines) is 1.